The third kappa shape index (κ3) is 143. The predicted molar refractivity (Wildman–Crippen MR) is 188 cm³/mol. The monoisotopic (exact) mass is 1320 g/mol. The van der Waals surface area contributed by atoms with Gasteiger partial charge in [0.1, 0.15) is 0 Å². The fraction of sp³-hybridized carbons (Fsp3) is 0. The van der Waals surface area contributed by atoms with Crippen LogP contribution in [0.15, 0.2) is 0 Å². The second kappa shape index (κ2) is 150. The molecule has 0 aromatic heterocycles. The Morgan fingerprint density at radius 3 is 0.0952 bits per heavy atom. The second-order valence-electron chi connectivity index (χ2n) is 0. The Kier molecular flexibility index (Phi) is 1160. The molecule has 0 heterocycles. The molecular weight excluding hydrogens is 1310 g/mol. The van der Waals surface area contributed by atoms with E-state index in [0.29, 0.717) is 0 Å². The first kappa shape index (κ1) is 162. The van der Waals surface area contributed by atoms with Gasteiger partial charge in [-0.25, -0.2) is 0 Å². The molecule has 0 nitrogen and oxygen atoms in total. The Labute approximate surface area is 640 Å². The predicted octanol–water partition coefficient (Wildman–Crippen LogP) is 1.10. The van der Waals surface area contributed by atoms with E-state index < -0.39 is 0 Å². The first-order chi connectivity index (χ1) is 0. The zero-order valence-corrected chi connectivity index (χ0v) is 25.5. The molecule has 0 aromatic carbocycles. The van der Waals surface area contributed by atoms with E-state index in [9.17, 15) is 0 Å². The van der Waals surface area contributed by atoms with Crippen molar-refractivity contribution in [1.82, 2.24) is 0 Å². The molecule has 0 aliphatic carbocycles. The van der Waals surface area contributed by atoms with Crippen LogP contribution in [0.5, 0.6) is 0 Å². The molecule has 21 heteroatoms. The Morgan fingerprint density at radius 2 is 0.0952 bits per heavy atom. The molecule has 0 rings (SSSR count). The van der Waals surface area contributed by atoms with Crippen molar-refractivity contribution in [2.75, 3.05) is 0 Å². The molecule has 0 unspecified atom stereocenters. The molecule has 21 heavy (non-hydrogen) atoms. The van der Waals surface area contributed by atoms with Crippen LogP contribution >= 0.6 is 204 Å². The van der Waals surface area contributed by atoms with E-state index in [0.717, 1.165) is 0 Å². The molecule has 0 atom stereocenters. The van der Waals surface area contributed by atoms with Gasteiger partial charge in [0.2, 0.25) is 0 Å². The zero-order chi connectivity index (χ0) is 0. The fourth-order valence-electron chi connectivity index (χ4n) is 0. The molecule has 114 valence electrons. The normalized spacial score (nSPS) is 0. The number of hydrogen-bond acceptors (Lipinski definition) is 0. The van der Waals surface area contributed by atoms with E-state index in [1.165, 1.54) is 0 Å². The molecule has 0 spiro atoms. The van der Waals surface area contributed by atoms with Crippen molar-refractivity contribution in [1.29, 1.82) is 0 Å². The van der Waals surface area contributed by atoms with Gasteiger partial charge in [-0.05, 0) is 0 Å². The average molecular weight is 1330 g/mol. The van der Waals surface area contributed by atoms with Crippen LogP contribution in [-0.4, -0.2) is 462 Å². The van der Waals surface area contributed by atoms with Crippen molar-refractivity contribution >= 4 is 666 Å². The van der Waals surface area contributed by atoms with Gasteiger partial charge in [0.15, 0.2) is 0 Å². The van der Waals surface area contributed by atoms with Crippen LogP contribution in [-0.2, 0) is 0 Å². The summed E-state index contributed by atoms with van der Waals surface area (Å²) < 4.78 is 0. The maximum absolute atomic E-state index is 0. The van der Waals surface area contributed by atoms with Gasteiger partial charge >= 0.3 is 462 Å². The topological polar surface area (TPSA) is 0 Å². The summed E-state index contributed by atoms with van der Waals surface area (Å²) in [6.45, 7) is 0. The van der Waals surface area contributed by atoms with Crippen molar-refractivity contribution < 1.29 is 0 Å². The average Bonchev–Trinajstić information content (AvgIpc) is 0. The third-order valence-corrected chi connectivity index (χ3v) is 0. The van der Waals surface area contributed by atoms with Gasteiger partial charge in [-0.3, -0.25) is 0 Å². The summed E-state index contributed by atoms with van der Waals surface area (Å²) in [6.07, 6.45) is 0. The van der Waals surface area contributed by atoms with Crippen molar-refractivity contribution in [3.8, 4) is 0 Å². The van der Waals surface area contributed by atoms with Crippen molar-refractivity contribution in [3.05, 3.63) is 0 Å². The summed E-state index contributed by atoms with van der Waals surface area (Å²) >= 11 is 0. The van der Waals surface area contributed by atoms with E-state index in [1.807, 2.05) is 0 Å². The van der Waals surface area contributed by atoms with Crippen LogP contribution in [0.4, 0.5) is 0 Å². The SMILES string of the molecule is Br.Br.Br.Br.Br.Br.Br.Br.Br.Br.Br.Br.[KH].[KH].[KH].[KH].[KH].[KH].[KH].[KH].[KH]. The van der Waals surface area contributed by atoms with E-state index >= 15 is 0 Å². The number of hydrogen-bond donors (Lipinski definition) is 0. The van der Waals surface area contributed by atoms with Crippen LogP contribution in [0.3, 0.4) is 0 Å². The van der Waals surface area contributed by atoms with Gasteiger partial charge in [-0.2, -0.15) is 0 Å². The van der Waals surface area contributed by atoms with Gasteiger partial charge in [0.25, 0.3) is 0 Å². The molecule has 0 fully saturated rings. The molecule has 0 aliphatic heterocycles. The zero-order valence-electron chi connectivity index (χ0n) is 4.90. The summed E-state index contributed by atoms with van der Waals surface area (Å²) in [5, 5.41) is 0. The minimum atomic E-state index is 0. The Balaban J connectivity index is 0. The van der Waals surface area contributed by atoms with Gasteiger partial charge in [-0.1, -0.05) is 0 Å². The molecule has 0 aliphatic rings. The molecule has 0 aromatic rings. The van der Waals surface area contributed by atoms with Gasteiger partial charge in [0, 0.05) is 0 Å². The van der Waals surface area contributed by atoms with E-state index in [-0.39, 0.29) is 666 Å². The van der Waals surface area contributed by atoms with Crippen LogP contribution in [0, 0.1) is 0 Å². The molecule has 0 amide bonds. The van der Waals surface area contributed by atoms with E-state index in [4.69, 9.17) is 0 Å². The quantitative estimate of drug-likeness (QED) is 0.320. The summed E-state index contributed by atoms with van der Waals surface area (Å²) in [7, 11) is 0. The van der Waals surface area contributed by atoms with Crippen LogP contribution in [0.25, 0.3) is 0 Å². The van der Waals surface area contributed by atoms with Gasteiger partial charge in [0.05, 0.1) is 0 Å². The molecule has 0 N–H and O–H groups in total. The number of rotatable bonds is 0. The fourth-order valence-corrected chi connectivity index (χ4v) is 0. The van der Waals surface area contributed by atoms with Crippen LogP contribution in [0.2, 0.25) is 0 Å². The Morgan fingerprint density at radius 1 is 0.0952 bits per heavy atom. The first-order valence-electron chi connectivity index (χ1n) is 0. The van der Waals surface area contributed by atoms with Crippen molar-refractivity contribution in [2.45, 2.75) is 0 Å². The molecule has 0 bridgehead atoms. The molecule has 0 saturated heterocycles. The second-order valence-corrected chi connectivity index (χ2v) is 0. The molecular formula is H21Br12K9. The third-order valence-electron chi connectivity index (χ3n) is 0. The maximum atomic E-state index is 0. The summed E-state index contributed by atoms with van der Waals surface area (Å²) in [4.78, 5) is 0. The minimum absolute atomic E-state index is 0. The number of halogens is 12. The van der Waals surface area contributed by atoms with Crippen LogP contribution < -0.4 is 0 Å². The standard InChI is InChI=1S/12BrH.9K.9H/h12*1H;;;;;;;;;;;;;;;;;;. The Hall–Kier alpha value is 20.5. The van der Waals surface area contributed by atoms with Crippen LogP contribution in [0.1, 0.15) is 0 Å². The first-order valence-corrected chi connectivity index (χ1v) is 0. The van der Waals surface area contributed by atoms with Crippen molar-refractivity contribution in [2.24, 2.45) is 0 Å². The summed E-state index contributed by atoms with van der Waals surface area (Å²) in [5.74, 6) is 0. The van der Waals surface area contributed by atoms with E-state index in [2.05, 4.69) is 0 Å². The van der Waals surface area contributed by atoms with E-state index in [1.54, 1.807) is 0 Å². The Bertz CT molecular complexity index is 20.7. The summed E-state index contributed by atoms with van der Waals surface area (Å²) in [6, 6.07) is 0. The van der Waals surface area contributed by atoms with Gasteiger partial charge < -0.3 is 0 Å². The molecule has 0 radical (unpaired) electrons. The van der Waals surface area contributed by atoms with Crippen molar-refractivity contribution in [3.63, 3.8) is 0 Å². The molecule has 0 saturated carbocycles. The summed E-state index contributed by atoms with van der Waals surface area (Å²) in [5.41, 5.74) is 0. The van der Waals surface area contributed by atoms with Gasteiger partial charge in [-0.15, -0.1) is 204 Å².